The summed E-state index contributed by atoms with van der Waals surface area (Å²) in [5.74, 6) is -6.23. The number of anilines is 1. The summed E-state index contributed by atoms with van der Waals surface area (Å²) >= 11 is 0. The standard InChI is InChI=1S/C22H22F4N2O4/c1-10-16(13-5-6-14(23)17(24)18(13)31-21(25)26)19(32-22(10,3)4)20(30)28-12-7-8-27-15(9-12)11(2)29/h5-10,16,19,21H,1-4H3,(H,27,28,30)/t10-,16-,19-/m1/s1. The minimum Gasteiger partial charge on any atom is -0.431 e. The number of hydrogen-bond acceptors (Lipinski definition) is 5. The number of pyridine rings is 1. The van der Waals surface area contributed by atoms with Gasteiger partial charge in [-0.3, -0.25) is 14.6 Å². The maximum Gasteiger partial charge on any atom is 0.387 e. The van der Waals surface area contributed by atoms with Crippen LogP contribution in [0.15, 0.2) is 30.5 Å². The Labute approximate surface area is 181 Å². The molecule has 1 N–H and O–H groups in total. The smallest absolute Gasteiger partial charge is 0.387 e. The molecule has 1 aromatic heterocycles. The van der Waals surface area contributed by atoms with Gasteiger partial charge in [0, 0.05) is 30.3 Å². The minimum absolute atomic E-state index is 0.110. The topological polar surface area (TPSA) is 77.5 Å². The summed E-state index contributed by atoms with van der Waals surface area (Å²) < 4.78 is 64.2. The van der Waals surface area contributed by atoms with E-state index in [4.69, 9.17) is 4.74 Å². The van der Waals surface area contributed by atoms with Crippen LogP contribution in [-0.4, -0.2) is 35.0 Å². The van der Waals surface area contributed by atoms with Crippen LogP contribution < -0.4 is 10.1 Å². The van der Waals surface area contributed by atoms with E-state index in [0.717, 1.165) is 12.1 Å². The molecule has 1 aromatic carbocycles. The van der Waals surface area contributed by atoms with Gasteiger partial charge in [0.15, 0.2) is 17.3 Å². The molecule has 0 radical (unpaired) electrons. The van der Waals surface area contributed by atoms with Gasteiger partial charge in [0.1, 0.15) is 11.8 Å². The van der Waals surface area contributed by atoms with Gasteiger partial charge in [0.2, 0.25) is 5.82 Å². The van der Waals surface area contributed by atoms with Crippen LogP contribution in [-0.2, 0) is 9.53 Å². The molecule has 1 aliphatic heterocycles. The van der Waals surface area contributed by atoms with Crippen LogP contribution in [0.3, 0.4) is 0 Å². The third-order valence-electron chi connectivity index (χ3n) is 5.69. The van der Waals surface area contributed by atoms with Crippen molar-refractivity contribution in [1.82, 2.24) is 4.98 Å². The molecule has 3 rings (SSSR count). The van der Waals surface area contributed by atoms with E-state index in [1.54, 1.807) is 20.8 Å². The SMILES string of the molecule is CC(=O)c1cc(NC(=O)[C@@H]2OC(C)(C)[C@H](C)[C@@H]2c2ccc(F)c(F)c2OC(F)F)ccn1. The van der Waals surface area contributed by atoms with Gasteiger partial charge >= 0.3 is 6.61 Å². The molecule has 1 fully saturated rings. The van der Waals surface area contributed by atoms with E-state index in [0.29, 0.717) is 0 Å². The predicted octanol–water partition coefficient (Wildman–Crippen LogP) is 4.70. The van der Waals surface area contributed by atoms with Gasteiger partial charge in [-0.2, -0.15) is 13.2 Å². The molecule has 1 saturated heterocycles. The molecule has 172 valence electrons. The Balaban J connectivity index is 2.01. The van der Waals surface area contributed by atoms with Gasteiger partial charge in [-0.15, -0.1) is 0 Å². The lowest BCUT2D eigenvalue weighted by atomic mass is 9.78. The van der Waals surface area contributed by atoms with Crippen molar-refractivity contribution in [3.8, 4) is 5.75 Å². The number of carbonyl (C=O) groups excluding carboxylic acids is 2. The number of ketones is 1. The van der Waals surface area contributed by atoms with Crippen molar-refractivity contribution in [2.24, 2.45) is 5.92 Å². The van der Waals surface area contributed by atoms with E-state index in [2.05, 4.69) is 15.0 Å². The summed E-state index contributed by atoms with van der Waals surface area (Å²) in [7, 11) is 0. The second-order valence-electron chi connectivity index (χ2n) is 8.09. The summed E-state index contributed by atoms with van der Waals surface area (Å²) in [6.45, 7) is 3.04. The van der Waals surface area contributed by atoms with E-state index in [9.17, 15) is 27.2 Å². The second kappa shape index (κ2) is 8.85. The number of carbonyl (C=O) groups is 2. The quantitative estimate of drug-likeness (QED) is 0.506. The van der Waals surface area contributed by atoms with Crippen LogP contribution in [0.1, 0.15) is 49.7 Å². The third kappa shape index (κ3) is 4.59. The van der Waals surface area contributed by atoms with Crippen LogP contribution in [0.25, 0.3) is 0 Å². The van der Waals surface area contributed by atoms with Crippen molar-refractivity contribution in [3.05, 3.63) is 53.4 Å². The highest BCUT2D eigenvalue weighted by Gasteiger charge is 2.51. The molecule has 0 bridgehead atoms. The molecule has 1 amide bonds. The number of alkyl halides is 2. The lowest BCUT2D eigenvalue weighted by Crippen LogP contribution is -2.33. The monoisotopic (exact) mass is 454 g/mol. The molecule has 0 aliphatic carbocycles. The fourth-order valence-corrected chi connectivity index (χ4v) is 3.78. The Hall–Kier alpha value is -3.01. The van der Waals surface area contributed by atoms with Crippen molar-refractivity contribution in [3.63, 3.8) is 0 Å². The zero-order valence-electron chi connectivity index (χ0n) is 17.8. The van der Waals surface area contributed by atoms with Crippen LogP contribution in [0.5, 0.6) is 5.75 Å². The number of rotatable bonds is 6. The molecule has 32 heavy (non-hydrogen) atoms. The Bertz CT molecular complexity index is 1040. The number of amides is 1. The van der Waals surface area contributed by atoms with Crippen LogP contribution in [0, 0.1) is 17.6 Å². The summed E-state index contributed by atoms with van der Waals surface area (Å²) in [5.41, 5.74) is -0.609. The average Bonchev–Trinajstić information content (AvgIpc) is 2.95. The Morgan fingerprint density at radius 2 is 1.91 bits per heavy atom. The molecular formula is C22H22F4N2O4. The van der Waals surface area contributed by atoms with Gasteiger partial charge in [-0.05, 0) is 38.0 Å². The predicted molar refractivity (Wildman–Crippen MR) is 107 cm³/mol. The van der Waals surface area contributed by atoms with Gasteiger partial charge in [-0.25, -0.2) is 4.39 Å². The van der Waals surface area contributed by atoms with E-state index >= 15 is 0 Å². The normalized spacial score (nSPS) is 22.1. The Morgan fingerprint density at radius 3 is 2.53 bits per heavy atom. The van der Waals surface area contributed by atoms with Crippen LogP contribution in [0.2, 0.25) is 0 Å². The number of aromatic nitrogens is 1. The number of nitrogens with one attached hydrogen (secondary N) is 1. The first kappa shape index (κ1) is 23.6. The molecule has 6 nitrogen and oxygen atoms in total. The summed E-state index contributed by atoms with van der Waals surface area (Å²) in [5, 5.41) is 2.61. The van der Waals surface area contributed by atoms with Crippen molar-refractivity contribution < 1.29 is 36.6 Å². The van der Waals surface area contributed by atoms with E-state index in [1.165, 1.54) is 25.3 Å². The molecule has 2 heterocycles. The molecule has 3 atom stereocenters. The zero-order chi connectivity index (χ0) is 23.8. The lowest BCUT2D eigenvalue weighted by Gasteiger charge is -2.26. The molecule has 0 unspecified atom stereocenters. The number of hydrogen-bond donors (Lipinski definition) is 1. The lowest BCUT2D eigenvalue weighted by molar-refractivity contribution is -0.131. The fraction of sp³-hybridized carbons (Fsp3) is 0.409. The largest absolute Gasteiger partial charge is 0.431 e. The van der Waals surface area contributed by atoms with Gasteiger partial charge in [0.05, 0.1) is 5.60 Å². The van der Waals surface area contributed by atoms with Crippen molar-refractivity contribution >= 4 is 17.4 Å². The van der Waals surface area contributed by atoms with Crippen LogP contribution in [0.4, 0.5) is 23.2 Å². The number of halogens is 4. The van der Waals surface area contributed by atoms with Crippen LogP contribution >= 0.6 is 0 Å². The molecule has 0 saturated carbocycles. The first-order chi connectivity index (χ1) is 14.9. The first-order valence-electron chi connectivity index (χ1n) is 9.80. The molecule has 1 aliphatic rings. The fourth-order valence-electron chi connectivity index (χ4n) is 3.78. The maximum absolute atomic E-state index is 14.4. The van der Waals surface area contributed by atoms with E-state index < -0.39 is 53.4 Å². The molecule has 2 aromatic rings. The summed E-state index contributed by atoms with van der Waals surface area (Å²) in [4.78, 5) is 28.6. The second-order valence-corrected chi connectivity index (χ2v) is 8.09. The highest BCUT2D eigenvalue weighted by molar-refractivity contribution is 5.97. The van der Waals surface area contributed by atoms with Gasteiger partial charge in [0.25, 0.3) is 5.91 Å². The van der Waals surface area contributed by atoms with Crippen molar-refractivity contribution in [1.29, 1.82) is 0 Å². The molecule has 10 heteroatoms. The molecular weight excluding hydrogens is 432 g/mol. The highest BCUT2D eigenvalue weighted by atomic mass is 19.3. The number of Topliss-reactive ketones (excluding diaryl/α,β-unsaturated/α-hetero) is 1. The number of benzene rings is 1. The van der Waals surface area contributed by atoms with Crippen molar-refractivity contribution in [2.45, 2.75) is 51.9 Å². The maximum atomic E-state index is 14.4. The molecule has 0 spiro atoms. The number of ether oxygens (including phenoxy) is 2. The highest BCUT2D eigenvalue weighted by Crippen LogP contribution is 2.49. The van der Waals surface area contributed by atoms with Gasteiger partial charge in [-0.1, -0.05) is 13.0 Å². The Morgan fingerprint density at radius 1 is 1.22 bits per heavy atom. The van der Waals surface area contributed by atoms with Crippen molar-refractivity contribution in [2.75, 3.05) is 5.32 Å². The van der Waals surface area contributed by atoms with Gasteiger partial charge < -0.3 is 14.8 Å². The van der Waals surface area contributed by atoms with E-state index in [1.807, 2.05) is 0 Å². The summed E-state index contributed by atoms with van der Waals surface area (Å²) in [6.07, 6.45) is 0.106. The van der Waals surface area contributed by atoms with E-state index in [-0.39, 0.29) is 22.7 Å². The number of nitrogens with zero attached hydrogens (tertiary/aromatic N) is 1. The minimum atomic E-state index is -3.40. The third-order valence-corrected chi connectivity index (χ3v) is 5.69. The average molecular weight is 454 g/mol. The summed E-state index contributed by atoms with van der Waals surface area (Å²) in [6, 6.07) is 4.74. The zero-order valence-corrected chi connectivity index (χ0v) is 17.8. The Kier molecular flexibility index (Phi) is 6.54. The first-order valence-corrected chi connectivity index (χ1v) is 9.80.